The lowest BCUT2D eigenvalue weighted by Crippen LogP contribution is -2.39. The molecule has 6 nitrogen and oxygen atoms in total. The number of hydrogen-bond donors (Lipinski definition) is 2. The third kappa shape index (κ3) is 5.11. The molecule has 0 spiro atoms. The first-order valence-electron chi connectivity index (χ1n) is 6.79. The van der Waals surface area contributed by atoms with E-state index in [9.17, 15) is 13.2 Å². The molecule has 7 heteroatoms. The van der Waals surface area contributed by atoms with E-state index < -0.39 is 10.0 Å². The molecule has 0 heterocycles. The minimum Gasteiger partial charge on any atom is -0.355 e. The van der Waals surface area contributed by atoms with Crippen LogP contribution in [0.1, 0.15) is 19.4 Å². The van der Waals surface area contributed by atoms with Crippen LogP contribution < -0.4 is 11.1 Å². The Morgan fingerprint density at radius 3 is 2.33 bits per heavy atom. The van der Waals surface area contributed by atoms with Gasteiger partial charge in [-0.15, -0.1) is 0 Å². The second kappa shape index (κ2) is 7.53. The molecule has 21 heavy (non-hydrogen) atoms. The monoisotopic (exact) mass is 313 g/mol. The number of benzene rings is 1. The van der Waals surface area contributed by atoms with E-state index in [-0.39, 0.29) is 17.3 Å². The minimum absolute atomic E-state index is 0.152. The lowest BCUT2D eigenvalue weighted by atomic mass is 10.2. The quantitative estimate of drug-likeness (QED) is 0.768. The van der Waals surface area contributed by atoms with Crippen LogP contribution in [0.2, 0.25) is 0 Å². The molecule has 0 bridgehead atoms. The highest BCUT2D eigenvalue weighted by Gasteiger charge is 2.22. The van der Waals surface area contributed by atoms with Gasteiger partial charge in [-0.1, -0.05) is 26.0 Å². The Morgan fingerprint density at radius 1 is 1.29 bits per heavy atom. The summed E-state index contributed by atoms with van der Waals surface area (Å²) in [6.45, 7) is 4.62. The van der Waals surface area contributed by atoms with Crippen molar-refractivity contribution in [2.75, 3.05) is 20.1 Å². The molecule has 0 aliphatic rings. The van der Waals surface area contributed by atoms with Crippen LogP contribution in [0.3, 0.4) is 0 Å². The summed E-state index contributed by atoms with van der Waals surface area (Å²) in [6, 6.07) is 6.33. The maximum absolute atomic E-state index is 12.3. The van der Waals surface area contributed by atoms with Gasteiger partial charge in [-0.2, -0.15) is 4.31 Å². The molecule has 0 aliphatic heterocycles. The predicted molar refractivity (Wildman–Crippen MR) is 82.0 cm³/mol. The van der Waals surface area contributed by atoms with Crippen molar-refractivity contribution in [3.8, 4) is 0 Å². The number of nitrogens with zero attached hydrogens (tertiary/aromatic N) is 1. The van der Waals surface area contributed by atoms with Crippen LogP contribution in [-0.2, 0) is 21.4 Å². The number of nitrogens with two attached hydrogens (primary N) is 1. The molecular weight excluding hydrogens is 290 g/mol. The zero-order valence-electron chi connectivity index (χ0n) is 12.7. The Labute approximate surface area is 126 Å². The lowest BCUT2D eigenvalue weighted by Gasteiger charge is -2.17. The fourth-order valence-electron chi connectivity index (χ4n) is 1.64. The number of likely N-dealkylation sites (N-methyl/N-ethyl adjacent to an activating group) is 1. The molecule has 0 radical (unpaired) electrons. The van der Waals surface area contributed by atoms with E-state index >= 15 is 0 Å². The molecule has 1 aromatic rings. The normalized spacial score (nSPS) is 11.9. The zero-order valence-corrected chi connectivity index (χ0v) is 13.5. The number of carbonyl (C=O) groups excluding carboxylic acids is 1. The average Bonchev–Trinajstić information content (AvgIpc) is 2.45. The maximum Gasteiger partial charge on any atom is 0.243 e. The molecule has 3 N–H and O–H groups in total. The first-order valence-corrected chi connectivity index (χ1v) is 8.23. The summed E-state index contributed by atoms with van der Waals surface area (Å²) in [5.41, 5.74) is 6.33. The van der Waals surface area contributed by atoms with Gasteiger partial charge in [-0.25, -0.2) is 8.42 Å². The van der Waals surface area contributed by atoms with Gasteiger partial charge in [0.25, 0.3) is 0 Å². The van der Waals surface area contributed by atoms with Crippen molar-refractivity contribution >= 4 is 15.9 Å². The standard InChI is InChI=1S/C14H23N3O3S/c1-11(2)9-16-14(18)10-17(3)21(19,20)13-6-4-12(8-15)5-7-13/h4-7,11H,8-10,15H2,1-3H3,(H,16,18). The first-order chi connectivity index (χ1) is 9.77. The van der Waals surface area contributed by atoms with E-state index in [2.05, 4.69) is 5.32 Å². The summed E-state index contributed by atoms with van der Waals surface area (Å²) in [5, 5.41) is 2.69. The highest BCUT2D eigenvalue weighted by molar-refractivity contribution is 7.89. The predicted octanol–water partition coefficient (Wildman–Crippen LogP) is 0.538. The van der Waals surface area contributed by atoms with E-state index in [0.717, 1.165) is 9.87 Å². The van der Waals surface area contributed by atoms with Gasteiger partial charge in [0.05, 0.1) is 11.4 Å². The van der Waals surface area contributed by atoms with Crippen molar-refractivity contribution in [1.29, 1.82) is 0 Å². The summed E-state index contributed by atoms with van der Waals surface area (Å²) in [5.74, 6) is 0.00743. The number of rotatable bonds is 7. The van der Waals surface area contributed by atoms with Crippen molar-refractivity contribution in [3.05, 3.63) is 29.8 Å². The topological polar surface area (TPSA) is 92.5 Å². The Bertz CT molecular complexity index is 568. The molecule has 1 aromatic carbocycles. The lowest BCUT2D eigenvalue weighted by molar-refractivity contribution is -0.121. The van der Waals surface area contributed by atoms with Crippen LogP contribution >= 0.6 is 0 Å². The van der Waals surface area contributed by atoms with Crippen molar-refractivity contribution in [2.45, 2.75) is 25.3 Å². The van der Waals surface area contributed by atoms with Crippen LogP contribution in [0.4, 0.5) is 0 Å². The van der Waals surface area contributed by atoms with E-state index in [1.807, 2.05) is 13.8 Å². The molecule has 0 saturated heterocycles. The maximum atomic E-state index is 12.3. The van der Waals surface area contributed by atoms with Crippen LogP contribution in [0.15, 0.2) is 29.2 Å². The van der Waals surface area contributed by atoms with Crippen LogP contribution in [0.25, 0.3) is 0 Å². The average molecular weight is 313 g/mol. The van der Waals surface area contributed by atoms with E-state index in [1.54, 1.807) is 12.1 Å². The van der Waals surface area contributed by atoms with Gasteiger partial charge in [-0.05, 0) is 23.6 Å². The minimum atomic E-state index is -3.67. The summed E-state index contributed by atoms with van der Waals surface area (Å²) in [6.07, 6.45) is 0. The van der Waals surface area contributed by atoms with Gasteiger partial charge in [0.15, 0.2) is 0 Å². The molecule has 118 valence electrons. The van der Waals surface area contributed by atoms with Crippen molar-refractivity contribution in [2.24, 2.45) is 11.7 Å². The van der Waals surface area contributed by atoms with Gasteiger partial charge in [0.1, 0.15) is 0 Å². The van der Waals surface area contributed by atoms with Crippen LogP contribution in [0.5, 0.6) is 0 Å². The Hall–Kier alpha value is -1.44. The molecule has 0 saturated carbocycles. The highest BCUT2D eigenvalue weighted by atomic mass is 32.2. The smallest absolute Gasteiger partial charge is 0.243 e. The van der Waals surface area contributed by atoms with Gasteiger partial charge >= 0.3 is 0 Å². The molecule has 0 aliphatic carbocycles. The summed E-state index contributed by atoms with van der Waals surface area (Å²) in [7, 11) is -2.28. The summed E-state index contributed by atoms with van der Waals surface area (Å²) in [4.78, 5) is 11.9. The molecule has 0 unspecified atom stereocenters. The SMILES string of the molecule is CC(C)CNC(=O)CN(C)S(=O)(=O)c1ccc(CN)cc1. The number of amides is 1. The molecule has 1 amide bonds. The van der Waals surface area contributed by atoms with Gasteiger partial charge in [0.2, 0.25) is 15.9 Å². The number of sulfonamides is 1. The zero-order chi connectivity index (χ0) is 16.0. The fraction of sp³-hybridized carbons (Fsp3) is 0.500. The molecule has 0 atom stereocenters. The second-order valence-corrected chi connectivity index (χ2v) is 7.35. The highest BCUT2D eigenvalue weighted by Crippen LogP contribution is 2.14. The Balaban J connectivity index is 2.74. The van der Waals surface area contributed by atoms with E-state index in [0.29, 0.717) is 19.0 Å². The largest absolute Gasteiger partial charge is 0.355 e. The Kier molecular flexibility index (Phi) is 6.32. The summed E-state index contributed by atoms with van der Waals surface area (Å²) >= 11 is 0. The fourth-order valence-corrected chi connectivity index (χ4v) is 2.77. The number of hydrogen-bond acceptors (Lipinski definition) is 4. The van der Waals surface area contributed by atoms with Crippen LogP contribution in [0, 0.1) is 5.92 Å². The first kappa shape index (κ1) is 17.6. The van der Waals surface area contributed by atoms with Gasteiger partial charge in [0, 0.05) is 20.1 Å². The van der Waals surface area contributed by atoms with E-state index in [1.165, 1.54) is 19.2 Å². The van der Waals surface area contributed by atoms with Crippen LogP contribution in [-0.4, -0.2) is 38.8 Å². The van der Waals surface area contributed by atoms with E-state index in [4.69, 9.17) is 5.73 Å². The second-order valence-electron chi connectivity index (χ2n) is 5.31. The van der Waals surface area contributed by atoms with Gasteiger partial charge < -0.3 is 11.1 Å². The van der Waals surface area contributed by atoms with Crippen molar-refractivity contribution in [1.82, 2.24) is 9.62 Å². The number of carbonyl (C=O) groups is 1. The Morgan fingerprint density at radius 2 is 1.86 bits per heavy atom. The molecule has 0 aromatic heterocycles. The molecule has 1 rings (SSSR count). The molecule has 0 fully saturated rings. The molecular formula is C14H23N3O3S. The van der Waals surface area contributed by atoms with Crippen molar-refractivity contribution < 1.29 is 13.2 Å². The summed E-state index contributed by atoms with van der Waals surface area (Å²) < 4.78 is 25.7. The van der Waals surface area contributed by atoms with Crippen molar-refractivity contribution in [3.63, 3.8) is 0 Å². The third-order valence-electron chi connectivity index (χ3n) is 2.94. The van der Waals surface area contributed by atoms with Gasteiger partial charge in [-0.3, -0.25) is 4.79 Å². The third-order valence-corrected chi connectivity index (χ3v) is 4.76. The number of nitrogens with one attached hydrogen (secondary N) is 1.